The second kappa shape index (κ2) is 7.61. The fraction of sp³-hybridized carbons (Fsp3) is 0.438. The smallest absolute Gasteiger partial charge is 0.123 e. The Morgan fingerprint density at radius 3 is 2.90 bits per heavy atom. The molecule has 0 aliphatic heterocycles. The second-order valence-electron chi connectivity index (χ2n) is 5.52. The number of nitrogens with one attached hydrogen (secondary N) is 1. The summed E-state index contributed by atoms with van der Waals surface area (Å²) < 4.78 is 8.54. The number of hydrogen-bond donors (Lipinski definition) is 1. The predicted molar refractivity (Wildman–Crippen MR) is 88.6 cm³/mol. The van der Waals surface area contributed by atoms with Crippen LogP contribution in [0.5, 0.6) is 5.75 Å². The summed E-state index contributed by atoms with van der Waals surface area (Å²) in [6, 6.07) is 6.04. The van der Waals surface area contributed by atoms with Gasteiger partial charge >= 0.3 is 0 Å². The molecule has 0 fully saturated rings. The van der Waals surface area contributed by atoms with E-state index in [2.05, 4.69) is 56.9 Å². The largest absolute Gasteiger partial charge is 0.496 e. The van der Waals surface area contributed by atoms with Crippen LogP contribution in [0.25, 0.3) is 0 Å². The minimum absolute atomic E-state index is 0.651. The molecular weight excluding hydrogens is 330 g/mol. The van der Waals surface area contributed by atoms with E-state index < -0.39 is 0 Å². The highest BCUT2D eigenvalue weighted by atomic mass is 79.9. The van der Waals surface area contributed by atoms with Crippen LogP contribution in [0, 0.1) is 5.92 Å². The summed E-state index contributed by atoms with van der Waals surface area (Å²) in [6.07, 6.45) is 3.94. The topological polar surface area (TPSA) is 39.1 Å². The molecule has 0 aliphatic rings. The van der Waals surface area contributed by atoms with E-state index in [1.165, 1.54) is 0 Å². The summed E-state index contributed by atoms with van der Waals surface area (Å²) in [7, 11) is 1.70. The van der Waals surface area contributed by atoms with Crippen molar-refractivity contribution in [3.63, 3.8) is 0 Å². The van der Waals surface area contributed by atoms with Gasteiger partial charge in [0.2, 0.25) is 0 Å². The fourth-order valence-corrected chi connectivity index (χ4v) is 2.55. The van der Waals surface area contributed by atoms with Crippen molar-refractivity contribution in [2.24, 2.45) is 5.92 Å². The normalized spacial score (nSPS) is 11.1. The molecule has 2 rings (SSSR count). The van der Waals surface area contributed by atoms with Gasteiger partial charge in [-0.2, -0.15) is 0 Å². The molecule has 1 aromatic carbocycles. The molecule has 0 bridgehead atoms. The number of benzene rings is 1. The number of aromatic nitrogens is 2. The lowest BCUT2D eigenvalue weighted by molar-refractivity contribution is 0.408. The summed E-state index contributed by atoms with van der Waals surface area (Å²) in [4.78, 5) is 4.44. The third-order valence-electron chi connectivity index (χ3n) is 3.14. The third kappa shape index (κ3) is 4.86. The molecule has 0 aliphatic carbocycles. The standard InChI is InChI=1S/C16H22BrN3O/c1-12(2)7-18-8-15-10-20(11-19-15)9-13-6-14(17)4-5-16(13)21-3/h4-6,10-12,18H,7-9H2,1-3H3. The molecule has 0 unspecified atom stereocenters. The van der Waals surface area contributed by atoms with Crippen molar-refractivity contribution in [2.45, 2.75) is 26.9 Å². The highest BCUT2D eigenvalue weighted by molar-refractivity contribution is 9.10. The van der Waals surface area contributed by atoms with Gasteiger partial charge in [0.1, 0.15) is 5.75 Å². The van der Waals surface area contributed by atoms with Gasteiger partial charge in [-0.3, -0.25) is 0 Å². The lowest BCUT2D eigenvalue weighted by Gasteiger charge is -2.09. The van der Waals surface area contributed by atoms with E-state index in [1.54, 1.807) is 7.11 Å². The molecule has 2 aromatic rings. The van der Waals surface area contributed by atoms with Crippen molar-refractivity contribution in [2.75, 3.05) is 13.7 Å². The molecule has 5 heteroatoms. The minimum atomic E-state index is 0.651. The van der Waals surface area contributed by atoms with Crippen molar-refractivity contribution in [1.82, 2.24) is 14.9 Å². The Morgan fingerprint density at radius 1 is 1.38 bits per heavy atom. The van der Waals surface area contributed by atoms with Crippen LogP contribution in [-0.2, 0) is 13.1 Å². The molecule has 0 saturated heterocycles. The van der Waals surface area contributed by atoms with Gasteiger partial charge in [0.05, 0.1) is 25.7 Å². The SMILES string of the molecule is COc1ccc(Br)cc1Cn1cnc(CNCC(C)C)c1. The van der Waals surface area contributed by atoms with Gasteiger partial charge in [-0.25, -0.2) is 4.98 Å². The Hall–Kier alpha value is -1.33. The maximum absolute atomic E-state index is 5.40. The zero-order valence-corrected chi connectivity index (χ0v) is 14.4. The van der Waals surface area contributed by atoms with Crippen LogP contribution in [0.4, 0.5) is 0 Å². The molecule has 0 saturated carbocycles. The van der Waals surface area contributed by atoms with Crippen molar-refractivity contribution < 1.29 is 4.74 Å². The zero-order valence-electron chi connectivity index (χ0n) is 12.8. The van der Waals surface area contributed by atoms with Gasteiger partial charge in [0, 0.05) is 22.8 Å². The molecule has 1 aromatic heterocycles. The van der Waals surface area contributed by atoms with E-state index in [4.69, 9.17) is 4.74 Å². The summed E-state index contributed by atoms with van der Waals surface area (Å²) in [5.41, 5.74) is 2.19. The lowest BCUT2D eigenvalue weighted by atomic mass is 10.2. The van der Waals surface area contributed by atoms with Crippen molar-refractivity contribution in [1.29, 1.82) is 0 Å². The quantitative estimate of drug-likeness (QED) is 0.830. The Morgan fingerprint density at radius 2 is 2.19 bits per heavy atom. The zero-order chi connectivity index (χ0) is 15.2. The third-order valence-corrected chi connectivity index (χ3v) is 3.63. The Bertz CT molecular complexity index is 581. The van der Waals surface area contributed by atoms with Gasteiger partial charge in [-0.05, 0) is 30.7 Å². The number of ether oxygens (including phenoxy) is 1. The van der Waals surface area contributed by atoms with E-state index in [9.17, 15) is 0 Å². The average molecular weight is 352 g/mol. The number of methoxy groups -OCH3 is 1. The van der Waals surface area contributed by atoms with Crippen LogP contribution in [0.1, 0.15) is 25.1 Å². The van der Waals surface area contributed by atoms with Crippen molar-refractivity contribution in [3.05, 3.63) is 46.5 Å². The summed E-state index contributed by atoms with van der Waals surface area (Å²) >= 11 is 3.50. The van der Waals surface area contributed by atoms with E-state index in [-0.39, 0.29) is 0 Å². The maximum atomic E-state index is 5.40. The molecule has 21 heavy (non-hydrogen) atoms. The molecule has 0 amide bonds. The van der Waals surface area contributed by atoms with Gasteiger partial charge in [0.25, 0.3) is 0 Å². The highest BCUT2D eigenvalue weighted by Gasteiger charge is 2.06. The highest BCUT2D eigenvalue weighted by Crippen LogP contribution is 2.23. The molecular formula is C16H22BrN3O. The van der Waals surface area contributed by atoms with Crippen LogP contribution >= 0.6 is 15.9 Å². The molecule has 4 nitrogen and oxygen atoms in total. The first-order valence-corrected chi connectivity index (χ1v) is 7.91. The number of halogens is 1. The van der Waals surface area contributed by atoms with Gasteiger partial charge in [-0.1, -0.05) is 29.8 Å². The molecule has 0 radical (unpaired) electrons. The van der Waals surface area contributed by atoms with E-state index in [0.29, 0.717) is 5.92 Å². The molecule has 114 valence electrons. The number of imidazole rings is 1. The van der Waals surface area contributed by atoms with Gasteiger partial charge in [-0.15, -0.1) is 0 Å². The average Bonchev–Trinajstić information content (AvgIpc) is 2.86. The Kier molecular flexibility index (Phi) is 5.82. The van der Waals surface area contributed by atoms with Gasteiger partial charge < -0.3 is 14.6 Å². The number of nitrogens with zero attached hydrogens (tertiary/aromatic N) is 2. The molecule has 1 N–H and O–H groups in total. The number of hydrogen-bond acceptors (Lipinski definition) is 3. The first kappa shape index (κ1) is 16.0. The first-order chi connectivity index (χ1) is 10.1. The van der Waals surface area contributed by atoms with E-state index >= 15 is 0 Å². The Labute approximate surface area is 134 Å². The minimum Gasteiger partial charge on any atom is -0.496 e. The summed E-state index contributed by atoms with van der Waals surface area (Å²) in [5, 5.41) is 3.40. The summed E-state index contributed by atoms with van der Waals surface area (Å²) in [5.74, 6) is 1.55. The first-order valence-electron chi connectivity index (χ1n) is 7.12. The lowest BCUT2D eigenvalue weighted by Crippen LogP contribution is -2.19. The predicted octanol–water partition coefficient (Wildman–Crippen LogP) is 3.45. The molecule has 0 spiro atoms. The van der Waals surface area contributed by atoms with E-state index in [1.807, 2.05) is 18.5 Å². The van der Waals surface area contributed by atoms with E-state index in [0.717, 1.165) is 41.1 Å². The van der Waals surface area contributed by atoms with Crippen LogP contribution in [0.2, 0.25) is 0 Å². The van der Waals surface area contributed by atoms with Crippen LogP contribution in [-0.4, -0.2) is 23.2 Å². The monoisotopic (exact) mass is 351 g/mol. The fourth-order valence-electron chi connectivity index (χ4n) is 2.14. The Balaban J connectivity index is 2.00. The van der Waals surface area contributed by atoms with Gasteiger partial charge in [0.15, 0.2) is 0 Å². The second-order valence-corrected chi connectivity index (χ2v) is 6.43. The van der Waals surface area contributed by atoms with Crippen molar-refractivity contribution >= 4 is 15.9 Å². The van der Waals surface area contributed by atoms with Crippen LogP contribution < -0.4 is 10.1 Å². The maximum Gasteiger partial charge on any atom is 0.123 e. The van der Waals surface area contributed by atoms with Crippen LogP contribution in [0.3, 0.4) is 0 Å². The van der Waals surface area contributed by atoms with Crippen molar-refractivity contribution in [3.8, 4) is 5.75 Å². The summed E-state index contributed by atoms with van der Waals surface area (Å²) in [6.45, 7) is 6.96. The van der Waals surface area contributed by atoms with Crippen LogP contribution in [0.15, 0.2) is 35.2 Å². The molecule has 0 atom stereocenters. The number of rotatable bonds is 7. The molecule has 1 heterocycles.